The molecule has 2 aromatic heterocycles. The lowest BCUT2D eigenvalue weighted by molar-refractivity contribution is 0.280. The van der Waals surface area contributed by atoms with Crippen LogP contribution in [0.2, 0.25) is 0 Å². The predicted molar refractivity (Wildman–Crippen MR) is 67.3 cm³/mol. The molecular weight excluding hydrogens is 230 g/mol. The third-order valence-electron chi connectivity index (χ3n) is 3.58. The lowest BCUT2D eigenvalue weighted by atomic mass is 10.1. The molecule has 5 nitrogen and oxygen atoms in total. The molecule has 0 atom stereocenters. The fraction of sp³-hybridized carbons (Fsp3) is 0.462. The van der Waals surface area contributed by atoms with E-state index in [-0.39, 0.29) is 12.2 Å². The second-order valence-corrected chi connectivity index (χ2v) is 4.80. The average Bonchev–Trinajstić information content (AvgIpc) is 2.91. The molecule has 3 rings (SSSR count). The summed E-state index contributed by atoms with van der Waals surface area (Å²) < 4.78 is 0. The maximum Gasteiger partial charge on any atom is 0.255 e. The van der Waals surface area contributed by atoms with Crippen LogP contribution in [0.3, 0.4) is 0 Å². The van der Waals surface area contributed by atoms with Crippen molar-refractivity contribution in [3.8, 4) is 0 Å². The highest BCUT2D eigenvalue weighted by Gasteiger charge is 2.20. The SMILES string of the molecule is O=c1[nH]c2nc(C3CCCC3)ncc2cc1CO. The number of nitrogens with zero attached hydrogens (tertiary/aromatic N) is 2. The highest BCUT2D eigenvalue weighted by atomic mass is 16.3. The smallest absolute Gasteiger partial charge is 0.255 e. The zero-order chi connectivity index (χ0) is 12.5. The molecule has 1 fully saturated rings. The number of aromatic amines is 1. The topological polar surface area (TPSA) is 78.9 Å². The summed E-state index contributed by atoms with van der Waals surface area (Å²) in [7, 11) is 0. The van der Waals surface area contributed by atoms with Gasteiger partial charge in [0.15, 0.2) is 0 Å². The van der Waals surface area contributed by atoms with Crippen molar-refractivity contribution in [2.75, 3.05) is 0 Å². The highest BCUT2D eigenvalue weighted by molar-refractivity contribution is 5.73. The van der Waals surface area contributed by atoms with Crippen molar-refractivity contribution < 1.29 is 5.11 Å². The van der Waals surface area contributed by atoms with Crippen LogP contribution < -0.4 is 5.56 Å². The normalized spacial score (nSPS) is 16.5. The minimum absolute atomic E-state index is 0.268. The number of H-pyrrole nitrogens is 1. The van der Waals surface area contributed by atoms with E-state index in [0.29, 0.717) is 17.1 Å². The molecular formula is C13H15N3O2. The third-order valence-corrected chi connectivity index (χ3v) is 3.58. The molecule has 1 aliphatic carbocycles. The van der Waals surface area contributed by atoms with Crippen LogP contribution in [0.1, 0.15) is 43.0 Å². The Morgan fingerprint density at radius 2 is 2.17 bits per heavy atom. The number of pyridine rings is 1. The van der Waals surface area contributed by atoms with E-state index in [1.165, 1.54) is 12.8 Å². The molecule has 0 spiro atoms. The van der Waals surface area contributed by atoms with E-state index >= 15 is 0 Å². The summed E-state index contributed by atoms with van der Waals surface area (Å²) in [5, 5.41) is 9.81. The zero-order valence-electron chi connectivity index (χ0n) is 10.0. The molecule has 0 radical (unpaired) electrons. The molecule has 2 heterocycles. The summed E-state index contributed by atoms with van der Waals surface area (Å²) in [6.45, 7) is -0.268. The summed E-state index contributed by atoms with van der Waals surface area (Å²) >= 11 is 0. The van der Waals surface area contributed by atoms with Gasteiger partial charge in [0, 0.05) is 23.1 Å². The number of nitrogens with one attached hydrogen (secondary N) is 1. The minimum Gasteiger partial charge on any atom is -0.391 e. The Balaban J connectivity index is 2.09. The van der Waals surface area contributed by atoms with Crippen LogP contribution in [-0.4, -0.2) is 20.1 Å². The third kappa shape index (κ3) is 1.90. The number of hydrogen-bond acceptors (Lipinski definition) is 4. The second kappa shape index (κ2) is 4.49. The number of aliphatic hydroxyl groups is 1. The van der Waals surface area contributed by atoms with Crippen LogP contribution in [0, 0.1) is 0 Å². The van der Waals surface area contributed by atoms with E-state index in [4.69, 9.17) is 5.11 Å². The quantitative estimate of drug-likeness (QED) is 0.839. The van der Waals surface area contributed by atoms with Gasteiger partial charge < -0.3 is 10.1 Å². The molecule has 94 valence electrons. The van der Waals surface area contributed by atoms with Gasteiger partial charge in [0.2, 0.25) is 0 Å². The number of rotatable bonds is 2. The molecule has 0 unspecified atom stereocenters. The Morgan fingerprint density at radius 1 is 1.39 bits per heavy atom. The van der Waals surface area contributed by atoms with Gasteiger partial charge in [-0.25, -0.2) is 9.97 Å². The van der Waals surface area contributed by atoms with E-state index in [2.05, 4.69) is 15.0 Å². The van der Waals surface area contributed by atoms with Gasteiger partial charge in [-0.1, -0.05) is 12.8 Å². The first-order valence-electron chi connectivity index (χ1n) is 6.27. The van der Waals surface area contributed by atoms with Crippen LogP contribution in [0.4, 0.5) is 0 Å². The van der Waals surface area contributed by atoms with Crippen molar-refractivity contribution in [1.82, 2.24) is 15.0 Å². The minimum atomic E-state index is -0.277. The summed E-state index contributed by atoms with van der Waals surface area (Å²) in [6.07, 6.45) is 6.44. The molecule has 0 aliphatic heterocycles. The van der Waals surface area contributed by atoms with Crippen LogP contribution in [0.25, 0.3) is 11.0 Å². The van der Waals surface area contributed by atoms with Gasteiger partial charge in [-0.15, -0.1) is 0 Å². The van der Waals surface area contributed by atoms with Crippen LogP contribution in [-0.2, 0) is 6.61 Å². The fourth-order valence-corrected chi connectivity index (χ4v) is 2.55. The summed E-state index contributed by atoms with van der Waals surface area (Å²) in [4.78, 5) is 23.2. The standard InChI is InChI=1S/C13H15N3O2/c17-7-10-5-9-6-14-11(8-3-1-2-4-8)15-12(9)16-13(10)18/h5-6,8,17H,1-4,7H2,(H,14,15,16,18). The zero-order valence-corrected chi connectivity index (χ0v) is 10.0. The highest BCUT2D eigenvalue weighted by Crippen LogP contribution is 2.32. The van der Waals surface area contributed by atoms with Crippen molar-refractivity contribution in [2.24, 2.45) is 0 Å². The van der Waals surface area contributed by atoms with Gasteiger partial charge in [0.05, 0.1) is 6.61 Å². The van der Waals surface area contributed by atoms with Crippen molar-refractivity contribution in [3.63, 3.8) is 0 Å². The first kappa shape index (κ1) is 11.3. The van der Waals surface area contributed by atoms with Gasteiger partial charge in [0.1, 0.15) is 11.5 Å². The Morgan fingerprint density at radius 3 is 2.89 bits per heavy atom. The second-order valence-electron chi connectivity index (χ2n) is 4.80. The summed E-state index contributed by atoms with van der Waals surface area (Å²) in [5.74, 6) is 1.25. The molecule has 0 amide bonds. The summed E-state index contributed by atoms with van der Waals surface area (Å²) in [5.41, 5.74) is 0.634. The molecule has 0 bridgehead atoms. The van der Waals surface area contributed by atoms with Gasteiger partial charge in [0.25, 0.3) is 5.56 Å². The van der Waals surface area contributed by atoms with E-state index in [0.717, 1.165) is 24.1 Å². The molecule has 5 heteroatoms. The lowest BCUT2D eigenvalue weighted by Crippen LogP contribution is -2.13. The first-order chi connectivity index (χ1) is 8.78. The fourth-order valence-electron chi connectivity index (χ4n) is 2.55. The monoisotopic (exact) mass is 245 g/mol. The number of aromatic nitrogens is 3. The Labute approximate surface area is 104 Å². The lowest BCUT2D eigenvalue weighted by Gasteiger charge is -2.08. The van der Waals surface area contributed by atoms with Crippen molar-refractivity contribution in [2.45, 2.75) is 38.2 Å². The summed E-state index contributed by atoms with van der Waals surface area (Å²) in [6, 6.07) is 1.65. The van der Waals surface area contributed by atoms with Crippen LogP contribution in [0.15, 0.2) is 17.1 Å². The first-order valence-corrected chi connectivity index (χ1v) is 6.27. The Bertz CT molecular complexity index is 630. The number of hydrogen-bond donors (Lipinski definition) is 2. The van der Waals surface area contributed by atoms with E-state index in [1.54, 1.807) is 12.3 Å². The maximum absolute atomic E-state index is 11.6. The van der Waals surface area contributed by atoms with Crippen LogP contribution in [0.5, 0.6) is 0 Å². The largest absolute Gasteiger partial charge is 0.391 e. The van der Waals surface area contributed by atoms with E-state index in [9.17, 15) is 4.79 Å². The molecule has 2 N–H and O–H groups in total. The molecule has 0 aromatic carbocycles. The Hall–Kier alpha value is -1.75. The van der Waals surface area contributed by atoms with E-state index < -0.39 is 0 Å². The van der Waals surface area contributed by atoms with Gasteiger partial charge in [-0.05, 0) is 18.9 Å². The van der Waals surface area contributed by atoms with Crippen LogP contribution >= 0.6 is 0 Å². The number of fused-ring (bicyclic) bond motifs is 1. The average molecular weight is 245 g/mol. The van der Waals surface area contributed by atoms with Crippen molar-refractivity contribution in [1.29, 1.82) is 0 Å². The molecule has 1 aliphatic rings. The predicted octanol–water partition coefficient (Wildman–Crippen LogP) is 1.47. The van der Waals surface area contributed by atoms with Gasteiger partial charge >= 0.3 is 0 Å². The molecule has 1 saturated carbocycles. The maximum atomic E-state index is 11.6. The molecule has 2 aromatic rings. The Kier molecular flexibility index (Phi) is 2.83. The van der Waals surface area contributed by atoms with E-state index in [1.807, 2.05) is 0 Å². The van der Waals surface area contributed by atoms with Gasteiger partial charge in [-0.2, -0.15) is 0 Å². The number of aliphatic hydroxyl groups excluding tert-OH is 1. The van der Waals surface area contributed by atoms with Gasteiger partial charge in [-0.3, -0.25) is 4.79 Å². The van der Waals surface area contributed by atoms with Crippen molar-refractivity contribution in [3.05, 3.63) is 34.0 Å². The molecule has 0 saturated heterocycles. The molecule has 18 heavy (non-hydrogen) atoms. The van der Waals surface area contributed by atoms with Crippen molar-refractivity contribution >= 4 is 11.0 Å².